The highest BCUT2D eigenvalue weighted by molar-refractivity contribution is 5.89. The molecule has 2 atom stereocenters. The molecule has 3 aliphatic rings. The number of likely N-dealkylation sites (tertiary alicyclic amines) is 2. The van der Waals surface area contributed by atoms with Crippen LogP contribution in [0.3, 0.4) is 0 Å². The number of carbonyl (C=O) groups excluding carboxylic acids is 2. The molecular formula is C19H28N4O2. The zero-order chi connectivity index (χ0) is 17.4. The number of amides is 2. The van der Waals surface area contributed by atoms with E-state index in [0.29, 0.717) is 19.0 Å². The highest BCUT2D eigenvalue weighted by Gasteiger charge is 2.42. The van der Waals surface area contributed by atoms with E-state index in [2.05, 4.69) is 5.10 Å². The van der Waals surface area contributed by atoms with Crippen molar-refractivity contribution in [3.63, 3.8) is 0 Å². The van der Waals surface area contributed by atoms with Crippen LogP contribution in [0, 0.1) is 12.8 Å². The van der Waals surface area contributed by atoms with Gasteiger partial charge in [-0.1, -0.05) is 12.8 Å². The maximum atomic E-state index is 13.1. The summed E-state index contributed by atoms with van der Waals surface area (Å²) >= 11 is 0. The maximum Gasteiger partial charge on any atom is 0.228 e. The van der Waals surface area contributed by atoms with Gasteiger partial charge in [-0.05, 0) is 38.2 Å². The van der Waals surface area contributed by atoms with Crippen LogP contribution < -0.4 is 0 Å². The van der Waals surface area contributed by atoms with Gasteiger partial charge < -0.3 is 9.80 Å². The molecule has 3 heterocycles. The van der Waals surface area contributed by atoms with Crippen LogP contribution in [-0.2, 0) is 16.1 Å². The number of carbonyl (C=O) groups is 2. The van der Waals surface area contributed by atoms with Gasteiger partial charge in [-0.15, -0.1) is 0 Å². The fourth-order valence-electron chi connectivity index (χ4n) is 4.80. The summed E-state index contributed by atoms with van der Waals surface area (Å²) in [5, 5.41) is 4.36. The molecule has 0 aromatic carbocycles. The Balaban J connectivity index is 1.40. The summed E-state index contributed by atoms with van der Waals surface area (Å²) in [7, 11) is 0. The monoisotopic (exact) mass is 344 g/mol. The predicted molar refractivity (Wildman–Crippen MR) is 93.8 cm³/mol. The van der Waals surface area contributed by atoms with Crippen molar-refractivity contribution in [3.05, 3.63) is 18.0 Å². The molecule has 0 radical (unpaired) electrons. The van der Waals surface area contributed by atoms with E-state index < -0.39 is 0 Å². The Hall–Kier alpha value is -1.85. The standard InChI is InChI=1S/C19H28N4O2/c1-14-10-20-21(11-14)13-17-7-4-8-22(17)19(25)15-9-18(24)23(12-15)16-5-2-3-6-16/h10-11,15-17H,2-9,12-13H2,1H3/t15-,17-/m1/s1. The van der Waals surface area contributed by atoms with Gasteiger partial charge in [0.05, 0.1) is 24.7 Å². The third-order valence-corrected chi connectivity index (χ3v) is 6.09. The molecule has 2 saturated heterocycles. The fraction of sp³-hybridized carbons (Fsp3) is 0.737. The Labute approximate surface area is 149 Å². The summed E-state index contributed by atoms with van der Waals surface area (Å²) in [6.07, 6.45) is 11.0. The second-order valence-electron chi connectivity index (χ2n) is 7.95. The second kappa shape index (κ2) is 6.81. The number of rotatable bonds is 4. The molecule has 1 aromatic rings. The van der Waals surface area contributed by atoms with E-state index in [9.17, 15) is 9.59 Å². The third kappa shape index (κ3) is 3.31. The van der Waals surface area contributed by atoms with Gasteiger partial charge in [0.15, 0.2) is 0 Å². The van der Waals surface area contributed by atoms with Gasteiger partial charge in [-0.2, -0.15) is 5.10 Å². The lowest BCUT2D eigenvalue weighted by Crippen LogP contribution is -2.43. The molecular weight excluding hydrogens is 316 g/mol. The Morgan fingerprint density at radius 3 is 2.76 bits per heavy atom. The molecule has 6 nitrogen and oxygen atoms in total. The van der Waals surface area contributed by atoms with E-state index in [1.165, 1.54) is 12.8 Å². The first-order valence-electron chi connectivity index (χ1n) is 9.71. The normalized spacial score (nSPS) is 27.6. The molecule has 1 aromatic heterocycles. The number of hydrogen-bond acceptors (Lipinski definition) is 3. The molecule has 0 bridgehead atoms. The van der Waals surface area contributed by atoms with Crippen LogP contribution in [0.5, 0.6) is 0 Å². The smallest absolute Gasteiger partial charge is 0.228 e. The number of aromatic nitrogens is 2. The quantitative estimate of drug-likeness (QED) is 0.839. The van der Waals surface area contributed by atoms with E-state index >= 15 is 0 Å². The van der Waals surface area contributed by atoms with Gasteiger partial charge in [0.2, 0.25) is 11.8 Å². The van der Waals surface area contributed by atoms with Crippen LogP contribution in [0.25, 0.3) is 0 Å². The minimum atomic E-state index is -0.145. The summed E-state index contributed by atoms with van der Waals surface area (Å²) in [6, 6.07) is 0.592. The SMILES string of the molecule is Cc1cnn(C[C@H]2CCCN2C(=O)[C@@H]2CC(=O)N(C3CCCC3)C2)c1. The number of aryl methyl sites for hydroxylation is 1. The van der Waals surface area contributed by atoms with E-state index in [-0.39, 0.29) is 23.8 Å². The summed E-state index contributed by atoms with van der Waals surface area (Å²) in [5.74, 6) is 0.219. The van der Waals surface area contributed by atoms with Gasteiger partial charge in [-0.25, -0.2) is 0 Å². The first-order valence-corrected chi connectivity index (χ1v) is 9.71. The van der Waals surface area contributed by atoms with Gasteiger partial charge in [-0.3, -0.25) is 14.3 Å². The van der Waals surface area contributed by atoms with Gasteiger partial charge in [0.1, 0.15) is 0 Å². The molecule has 4 rings (SSSR count). The van der Waals surface area contributed by atoms with Gasteiger partial charge >= 0.3 is 0 Å². The molecule has 2 amide bonds. The highest BCUT2D eigenvalue weighted by atomic mass is 16.2. The van der Waals surface area contributed by atoms with Crippen LogP contribution in [0.1, 0.15) is 50.5 Å². The Bertz CT molecular complexity index is 650. The van der Waals surface area contributed by atoms with E-state index in [4.69, 9.17) is 0 Å². The molecule has 2 aliphatic heterocycles. The maximum absolute atomic E-state index is 13.1. The first-order chi connectivity index (χ1) is 12.1. The van der Waals surface area contributed by atoms with Crippen molar-refractivity contribution in [3.8, 4) is 0 Å². The summed E-state index contributed by atoms with van der Waals surface area (Å²) in [4.78, 5) is 29.5. The second-order valence-corrected chi connectivity index (χ2v) is 7.95. The minimum absolute atomic E-state index is 0.145. The third-order valence-electron chi connectivity index (χ3n) is 6.09. The summed E-state index contributed by atoms with van der Waals surface area (Å²) < 4.78 is 1.94. The van der Waals surface area contributed by atoms with Crippen LogP contribution in [0.2, 0.25) is 0 Å². The van der Waals surface area contributed by atoms with Crippen LogP contribution >= 0.6 is 0 Å². The van der Waals surface area contributed by atoms with Gasteiger partial charge in [0, 0.05) is 31.7 Å². The van der Waals surface area contributed by atoms with E-state index in [1.807, 2.05) is 33.8 Å². The topological polar surface area (TPSA) is 58.4 Å². The molecule has 0 spiro atoms. The molecule has 6 heteroatoms. The van der Waals surface area contributed by atoms with Crippen molar-refractivity contribution >= 4 is 11.8 Å². The van der Waals surface area contributed by atoms with E-state index in [0.717, 1.165) is 44.3 Å². The lowest BCUT2D eigenvalue weighted by Gasteiger charge is -2.28. The number of hydrogen-bond donors (Lipinski definition) is 0. The molecule has 0 unspecified atom stereocenters. The summed E-state index contributed by atoms with van der Waals surface area (Å²) in [6.45, 7) is 4.24. The first kappa shape index (κ1) is 16.6. The zero-order valence-electron chi connectivity index (χ0n) is 15.1. The van der Waals surface area contributed by atoms with Crippen molar-refractivity contribution in [2.45, 2.75) is 70.5 Å². The lowest BCUT2D eigenvalue weighted by atomic mass is 10.1. The van der Waals surface area contributed by atoms with Crippen molar-refractivity contribution in [2.75, 3.05) is 13.1 Å². The average Bonchev–Trinajstić information content (AvgIpc) is 3.34. The minimum Gasteiger partial charge on any atom is -0.339 e. The summed E-state index contributed by atoms with van der Waals surface area (Å²) in [5.41, 5.74) is 1.14. The number of nitrogens with zero attached hydrogens (tertiary/aromatic N) is 4. The molecule has 25 heavy (non-hydrogen) atoms. The van der Waals surface area contributed by atoms with Crippen LogP contribution in [-0.4, -0.2) is 56.6 Å². The molecule has 1 aliphatic carbocycles. The molecule has 3 fully saturated rings. The van der Waals surface area contributed by atoms with Crippen molar-refractivity contribution in [1.29, 1.82) is 0 Å². The average molecular weight is 344 g/mol. The Morgan fingerprint density at radius 2 is 2.04 bits per heavy atom. The van der Waals surface area contributed by atoms with Crippen molar-refractivity contribution in [1.82, 2.24) is 19.6 Å². The molecule has 1 saturated carbocycles. The van der Waals surface area contributed by atoms with Crippen LogP contribution in [0.4, 0.5) is 0 Å². The predicted octanol–water partition coefficient (Wildman–Crippen LogP) is 1.97. The Kier molecular flexibility index (Phi) is 4.52. The van der Waals surface area contributed by atoms with Crippen molar-refractivity contribution < 1.29 is 9.59 Å². The lowest BCUT2D eigenvalue weighted by molar-refractivity contribution is -0.136. The Morgan fingerprint density at radius 1 is 1.24 bits per heavy atom. The van der Waals surface area contributed by atoms with E-state index in [1.54, 1.807) is 0 Å². The highest BCUT2D eigenvalue weighted by Crippen LogP contribution is 2.31. The zero-order valence-corrected chi connectivity index (χ0v) is 15.1. The van der Waals surface area contributed by atoms with Gasteiger partial charge in [0.25, 0.3) is 0 Å². The van der Waals surface area contributed by atoms with Crippen molar-refractivity contribution in [2.24, 2.45) is 5.92 Å². The largest absolute Gasteiger partial charge is 0.339 e. The fourth-order valence-corrected chi connectivity index (χ4v) is 4.80. The van der Waals surface area contributed by atoms with Crippen LogP contribution in [0.15, 0.2) is 12.4 Å². The molecule has 136 valence electrons. The molecule has 0 N–H and O–H groups in total.